The van der Waals surface area contributed by atoms with Gasteiger partial charge in [-0.05, 0) is 29.8 Å². The van der Waals surface area contributed by atoms with Crippen LogP contribution in [-0.4, -0.2) is 27.5 Å². The van der Waals surface area contributed by atoms with Crippen molar-refractivity contribution in [1.29, 1.82) is 5.26 Å². The lowest BCUT2D eigenvalue weighted by Gasteiger charge is -2.23. The van der Waals surface area contributed by atoms with Crippen LogP contribution in [-0.2, 0) is 4.79 Å². The van der Waals surface area contributed by atoms with Gasteiger partial charge in [0.05, 0.1) is 29.1 Å². The highest BCUT2D eigenvalue weighted by molar-refractivity contribution is 6.38. The van der Waals surface area contributed by atoms with E-state index < -0.39 is 5.92 Å². The summed E-state index contributed by atoms with van der Waals surface area (Å²) in [6.45, 7) is 0. The first-order chi connectivity index (χ1) is 13.7. The quantitative estimate of drug-likeness (QED) is 0.756. The third-order valence-corrected chi connectivity index (χ3v) is 4.86. The summed E-state index contributed by atoms with van der Waals surface area (Å²) >= 11 is 0. The zero-order valence-electron chi connectivity index (χ0n) is 14.6. The Balaban J connectivity index is 1.71. The maximum Gasteiger partial charge on any atom is 0.171 e. The van der Waals surface area contributed by atoms with Crippen LogP contribution in [0.1, 0.15) is 16.7 Å². The van der Waals surface area contributed by atoms with Gasteiger partial charge in [0.15, 0.2) is 5.78 Å². The number of rotatable bonds is 2. The first-order valence-electron chi connectivity index (χ1n) is 8.76. The van der Waals surface area contributed by atoms with Crippen molar-refractivity contribution < 1.29 is 4.79 Å². The van der Waals surface area contributed by atoms with E-state index in [0.29, 0.717) is 17.1 Å². The summed E-state index contributed by atoms with van der Waals surface area (Å²) in [4.78, 5) is 21.4. The van der Waals surface area contributed by atoms with Gasteiger partial charge in [0, 0.05) is 28.8 Å². The molecule has 1 N–H and O–H groups in total. The number of H-pyrrole nitrogens is 1. The molecule has 0 spiro atoms. The Morgan fingerprint density at radius 1 is 1.11 bits per heavy atom. The molecule has 0 bridgehead atoms. The van der Waals surface area contributed by atoms with E-state index in [-0.39, 0.29) is 5.78 Å². The predicted molar refractivity (Wildman–Crippen MR) is 107 cm³/mol. The lowest BCUT2D eigenvalue weighted by Crippen LogP contribution is -2.27. The number of hydrogen-bond donors (Lipinski definition) is 1. The molecule has 0 aliphatic carbocycles. The van der Waals surface area contributed by atoms with Crippen molar-refractivity contribution in [2.75, 3.05) is 0 Å². The van der Waals surface area contributed by atoms with Gasteiger partial charge in [-0.1, -0.05) is 24.3 Å². The summed E-state index contributed by atoms with van der Waals surface area (Å²) in [5.41, 5.74) is 4.75. The number of ketones is 1. The van der Waals surface area contributed by atoms with Crippen molar-refractivity contribution >= 4 is 33.8 Å². The van der Waals surface area contributed by atoms with Gasteiger partial charge in [-0.25, -0.2) is 9.98 Å². The molecule has 1 atom stereocenters. The Morgan fingerprint density at radius 2 is 2.04 bits per heavy atom. The average molecular weight is 363 g/mol. The Labute approximate surface area is 160 Å². The molecule has 1 unspecified atom stereocenters. The number of nitrogens with one attached hydrogen (secondary N) is 1. The number of dihydropyridines is 1. The first-order valence-corrected chi connectivity index (χ1v) is 8.76. The van der Waals surface area contributed by atoms with E-state index in [4.69, 9.17) is 4.99 Å². The molecule has 3 aromatic rings. The Morgan fingerprint density at radius 3 is 2.93 bits per heavy atom. The number of fused-ring (bicyclic) bond motifs is 2. The van der Waals surface area contributed by atoms with Crippen LogP contribution in [0.4, 0.5) is 0 Å². The molecule has 2 aliphatic rings. The summed E-state index contributed by atoms with van der Waals surface area (Å²) in [5.74, 6) is -0.0681. The van der Waals surface area contributed by atoms with Gasteiger partial charge < -0.3 is 0 Å². The number of benzene rings is 2. The Bertz CT molecular complexity index is 1300. The van der Waals surface area contributed by atoms with Crippen molar-refractivity contribution in [2.24, 2.45) is 15.9 Å². The zero-order valence-corrected chi connectivity index (χ0v) is 14.6. The van der Waals surface area contributed by atoms with Gasteiger partial charge in [-0.15, -0.1) is 0 Å². The lowest BCUT2D eigenvalue weighted by molar-refractivity contribution is -0.115. The number of aromatic amines is 1. The van der Waals surface area contributed by atoms with Crippen LogP contribution in [0.3, 0.4) is 0 Å². The van der Waals surface area contributed by atoms with Crippen molar-refractivity contribution in [3.05, 3.63) is 83.7 Å². The molecule has 0 saturated heterocycles. The number of aliphatic imine (C=N–C) groups is 2. The number of allylic oxidation sites excluding steroid dienone is 2. The summed E-state index contributed by atoms with van der Waals surface area (Å²) in [7, 11) is 0. The van der Waals surface area contributed by atoms with E-state index in [1.807, 2.05) is 36.4 Å². The fraction of sp³-hybridized carbons (Fsp3) is 0.0455. The van der Waals surface area contributed by atoms with Crippen LogP contribution in [0.2, 0.25) is 0 Å². The van der Waals surface area contributed by atoms with Crippen molar-refractivity contribution in [2.45, 2.75) is 0 Å². The van der Waals surface area contributed by atoms with Crippen LogP contribution >= 0.6 is 0 Å². The maximum atomic E-state index is 12.4. The molecule has 2 aliphatic heterocycles. The summed E-state index contributed by atoms with van der Waals surface area (Å²) in [6.07, 6.45) is 6.62. The van der Waals surface area contributed by atoms with Crippen LogP contribution in [0.15, 0.2) is 77.0 Å². The van der Waals surface area contributed by atoms with E-state index in [1.165, 1.54) is 12.3 Å². The van der Waals surface area contributed by atoms with E-state index in [2.05, 4.69) is 21.3 Å². The maximum absolute atomic E-state index is 12.4. The molecule has 132 valence electrons. The van der Waals surface area contributed by atoms with Crippen molar-refractivity contribution in [1.82, 2.24) is 10.2 Å². The van der Waals surface area contributed by atoms with E-state index in [9.17, 15) is 10.1 Å². The molecule has 0 fully saturated rings. The number of amidine groups is 1. The third-order valence-electron chi connectivity index (χ3n) is 4.86. The molecule has 6 nitrogen and oxygen atoms in total. The minimum absolute atomic E-state index is 0.0412. The van der Waals surface area contributed by atoms with E-state index in [1.54, 1.807) is 18.3 Å². The van der Waals surface area contributed by atoms with Crippen LogP contribution < -0.4 is 0 Å². The standard InChI is InChI=1S/C22H13N5O/c23-11-13-2-1-3-15(8-13)21-17(10-18-20(28)6-7-24-22(18)26-21)14-4-5-19-16(9-14)12-25-27-19/h1-10,12,18H,(H,25,27). The highest BCUT2D eigenvalue weighted by Crippen LogP contribution is 2.31. The van der Waals surface area contributed by atoms with E-state index in [0.717, 1.165) is 27.6 Å². The molecular formula is C22H13N5O. The predicted octanol–water partition coefficient (Wildman–Crippen LogP) is 3.43. The van der Waals surface area contributed by atoms with Gasteiger partial charge in [-0.2, -0.15) is 10.4 Å². The lowest BCUT2D eigenvalue weighted by atomic mass is 9.86. The van der Waals surface area contributed by atoms with Crippen molar-refractivity contribution in [3.63, 3.8) is 0 Å². The molecule has 2 aromatic carbocycles. The number of nitriles is 1. The number of carbonyl (C=O) groups is 1. The van der Waals surface area contributed by atoms with Crippen LogP contribution in [0, 0.1) is 17.2 Å². The smallest absolute Gasteiger partial charge is 0.171 e. The second kappa shape index (κ2) is 6.25. The van der Waals surface area contributed by atoms with Crippen LogP contribution in [0.5, 0.6) is 0 Å². The van der Waals surface area contributed by atoms with Crippen LogP contribution in [0.25, 0.3) is 16.5 Å². The molecular weight excluding hydrogens is 350 g/mol. The van der Waals surface area contributed by atoms with Gasteiger partial charge >= 0.3 is 0 Å². The third kappa shape index (κ3) is 2.58. The minimum Gasteiger partial charge on any atom is -0.294 e. The van der Waals surface area contributed by atoms with Crippen molar-refractivity contribution in [3.8, 4) is 6.07 Å². The van der Waals surface area contributed by atoms with Gasteiger partial charge in [-0.3, -0.25) is 9.89 Å². The van der Waals surface area contributed by atoms with E-state index >= 15 is 0 Å². The van der Waals surface area contributed by atoms with Gasteiger partial charge in [0.25, 0.3) is 0 Å². The number of aromatic nitrogens is 2. The van der Waals surface area contributed by atoms with Gasteiger partial charge in [0.2, 0.25) is 0 Å². The molecule has 3 heterocycles. The Hall–Kier alpha value is -4.11. The normalized spacial score (nSPS) is 18.2. The monoisotopic (exact) mass is 363 g/mol. The summed E-state index contributed by atoms with van der Waals surface area (Å²) < 4.78 is 0. The second-order valence-electron chi connectivity index (χ2n) is 6.59. The molecule has 0 amide bonds. The second-order valence-corrected chi connectivity index (χ2v) is 6.59. The highest BCUT2D eigenvalue weighted by atomic mass is 16.1. The summed E-state index contributed by atoms with van der Waals surface area (Å²) in [5, 5.41) is 17.3. The SMILES string of the molecule is N#Cc1cccc(C2=NC3=NC=CC(=O)C3C=C2c2ccc3[nH]ncc3c2)c1. The average Bonchev–Trinajstić information content (AvgIpc) is 3.21. The molecule has 28 heavy (non-hydrogen) atoms. The molecule has 6 heteroatoms. The molecule has 0 saturated carbocycles. The number of carbonyl (C=O) groups excluding carboxylic acids is 1. The molecule has 1 aromatic heterocycles. The molecule has 5 rings (SSSR count). The topological polar surface area (TPSA) is 94.3 Å². The largest absolute Gasteiger partial charge is 0.294 e. The fourth-order valence-electron chi connectivity index (χ4n) is 3.47. The number of nitrogens with zero attached hydrogens (tertiary/aromatic N) is 4. The minimum atomic E-state index is -0.497. The Kier molecular flexibility index (Phi) is 3.59. The van der Waals surface area contributed by atoms with Gasteiger partial charge in [0.1, 0.15) is 11.8 Å². The molecule has 0 radical (unpaired) electrons. The fourth-order valence-corrected chi connectivity index (χ4v) is 3.47. The summed E-state index contributed by atoms with van der Waals surface area (Å²) in [6, 6.07) is 15.4. The number of hydrogen-bond acceptors (Lipinski definition) is 5. The first kappa shape index (κ1) is 16.1. The highest BCUT2D eigenvalue weighted by Gasteiger charge is 2.30. The zero-order chi connectivity index (χ0) is 19.1.